The van der Waals surface area contributed by atoms with E-state index < -0.39 is 5.54 Å². The molecule has 0 saturated carbocycles. The fourth-order valence-electron chi connectivity index (χ4n) is 3.72. The molecule has 0 bridgehead atoms. The van der Waals surface area contributed by atoms with E-state index in [0.717, 1.165) is 22.4 Å². The van der Waals surface area contributed by atoms with Crippen LogP contribution in [0.25, 0.3) is 6.08 Å². The number of hydrogen-bond acceptors (Lipinski definition) is 2. The molecule has 0 fully saturated rings. The molecule has 0 aliphatic rings. The SMILES string of the molecule is N#CC=Cc1cn(C(c2ccccc2)(c2ccccc2)c2ccccc2)cn1. The Balaban J connectivity index is 2.06. The molecular weight excluding hydrogens is 342 g/mol. The lowest BCUT2D eigenvalue weighted by Gasteiger charge is -2.37. The highest BCUT2D eigenvalue weighted by Crippen LogP contribution is 2.40. The molecular formula is C25H19N3. The summed E-state index contributed by atoms with van der Waals surface area (Å²) >= 11 is 0. The van der Waals surface area contributed by atoms with E-state index >= 15 is 0 Å². The molecule has 1 aromatic heterocycles. The van der Waals surface area contributed by atoms with E-state index in [1.165, 1.54) is 6.08 Å². The molecule has 3 aromatic carbocycles. The molecule has 0 radical (unpaired) electrons. The van der Waals surface area contributed by atoms with E-state index in [-0.39, 0.29) is 0 Å². The Morgan fingerprint density at radius 1 is 0.750 bits per heavy atom. The van der Waals surface area contributed by atoms with Crippen molar-refractivity contribution >= 4 is 6.08 Å². The molecule has 28 heavy (non-hydrogen) atoms. The van der Waals surface area contributed by atoms with Gasteiger partial charge in [-0.1, -0.05) is 91.0 Å². The van der Waals surface area contributed by atoms with E-state index in [1.54, 1.807) is 6.08 Å². The van der Waals surface area contributed by atoms with Crippen molar-refractivity contribution < 1.29 is 0 Å². The van der Waals surface area contributed by atoms with Gasteiger partial charge in [0.1, 0.15) is 5.54 Å². The summed E-state index contributed by atoms with van der Waals surface area (Å²) in [4.78, 5) is 4.52. The first kappa shape index (κ1) is 17.5. The third kappa shape index (κ3) is 3.02. The molecule has 0 spiro atoms. The Bertz CT molecular complexity index is 1010. The first-order valence-electron chi connectivity index (χ1n) is 9.13. The van der Waals surface area contributed by atoms with Gasteiger partial charge in [0.2, 0.25) is 0 Å². The van der Waals surface area contributed by atoms with Crippen LogP contribution in [0.3, 0.4) is 0 Å². The smallest absolute Gasteiger partial charge is 0.121 e. The standard InChI is InChI=1S/C25H19N3/c26-18-10-17-24-19-28(20-27-24)25(21-11-4-1-5-12-21,22-13-6-2-7-14-22)23-15-8-3-9-16-23/h1-17,19-20H. The zero-order valence-corrected chi connectivity index (χ0v) is 15.3. The number of nitrogens with zero attached hydrogens (tertiary/aromatic N) is 3. The summed E-state index contributed by atoms with van der Waals surface area (Å²) < 4.78 is 2.13. The molecule has 0 aliphatic carbocycles. The molecule has 1 heterocycles. The van der Waals surface area contributed by atoms with Crippen LogP contribution in [0.4, 0.5) is 0 Å². The number of imidazole rings is 1. The van der Waals surface area contributed by atoms with Crippen LogP contribution < -0.4 is 0 Å². The van der Waals surface area contributed by atoms with Crippen LogP contribution in [0.5, 0.6) is 0 Å². The Kier molecular flexibility index (Phi) is 4.86. The van der Waals surface area contributed by atoms with E-state index in [1.807, 2.05) is 36.8 Å². The van der Waals surface area contributed by atoms with Crippen LogP contribution in [-0.2, 0) is 5.54 Å². The first-order chi connectivity index (χ1) is 13.9. The zero-order valence-electron chi connectivity index (χ0n) is 15.3. The number of aromatic nitrogens is 2. The molecule has 3 nitrogen and oxygen atoms in total. The minimum absolute atomic E-state index is 0.574. The van der Waals surface area contributed by atoms with Gasteiger partial charge in [-0.15, -0.1) is 0 Å². The highest BCUT2D eigenvalue weighted by molar-refractivity contribution is 5.52. The van der Waals surface area contributed by atoms with Crippen LogP contribution in [-0.4, -0.2) is 9.55 Å². The number of nitriles is 1. The summed E-state index contributed by atoms with van der Waals surface area (Å²) in [6, 6.07) is 33.3. The topological polar surface area (TPSA) is 41.6 Å². The van der Waals surface area contributed by atoms with Crippen molar-refractivity contribution in [1.29, 1.82) is 5.26 Å². The van der Waals surface area contributed by atoms with Crippen LogP contribution >= 0.6 is 0 Å². The highest BCUT2D eigenvalue weighted by Gasteiger charge is 2.38. The average Bonchev–Trinajstić information content (AvgIpc) is 3.24. The average molecular weight is 361 g/mol. The van der Waals surface area contributed by atoms with E-state index in [4.69, 9.17) is 5.26 Å². The summed E-state index contributed by atoms with van der Waals surface area (Å²) in [5, 5.41) is 8.86. The Labute approximate surface area is 164 Å². The van der Waals surface area contributed by atoms with E-state index in [9.17, 15) is 0 Å². The zero-order chi connectivity index (χ0) is 19.2. The van der Waals surface area contributed by atoms with Crippen LogP contribution in [0.2, 0.25) is 0 Å². The Morgan fingerprint density at radius 3 is 1.64 bits per heavy atom. The van der Waals surface area contributed by atoms with Gasteiger partial charge in [0, 0.05) is 12.3 Å². The van der Waals surface area contributed by atoms with Gasteiger partial charge in [0.15, 0.2) is 0 Å². The lowest BCUT2D eigenvalue weighted by atomic mass is 9.77. The second kappa shape index (κ2) is 7.77. The molecule has 0 unspecified atom stereocenters. The monoisotopic (exact) mass is 361 g/mol. The van der Waals surface area contributed by atoms with Crippen molar-refractivity contribution in [1.82, 2.24) is 9.55 Å². The molecule has 4 rings (SSSR count). The van der Waals surface area contributed by atoms with Gasteiger partial charge in [-0.3, -0.25) is 0 Å². The molecule has 0 aliphatic heterocycles. The predicted molar refractivity (Wildman–Crippen MR) is 111 cm³/mol. The molecule has 0 saturated heterocycles. The van der Waals surface area contributed by atoms with Crippen molar-refractivity contribution in [2.45, 2.75) is 5.54 Å². The quantitative estimate of drug-likeness (QED) is 0.359. The third-order valence-corrected chi connectivity index (χ3v) is 4.89. The minimum Gasteiger partial charge on any atom is -0.318 e. The fraction of sp³-hybridized carbons (Fsp3) is 0.0400. The largest absolute Gasteiger partial charge is 0.318 e. The minimum atomic E-state index is -0.574. The molecule has 4 aromatic rings. The number of rotatable bonds is 5. The third-order valence-electron chi connectivity index (χ3n) is 4.89. The number of benzene rings is 3. The molecule has 134 valence electrons. The second-order valence-electron chi connectivity index (χ2n) is 6.48. The summed E-state index contributed by atoms with van der Waals surface area (Å²) in [7, 11) is 0. The lowest BCUT2D eigenvalue weighted by Crippen LogP contribution is -2.36. The van der Waals surface area contributed by atoms with Gasteiger partial charge in [-0.05, 0) is 22.8 Å². The Morgan fingerprint density at radius 2 is 1.21 bits per heavy atom. The predicted octanol–water partition coefficient (Wildman–Crippen LogP) is 5.26. The molecule has 0 N–H and O–H groups in total. The molecule has 3 heteroatoms. The maximum absolute atomic E-state index is 8.86. The van der Waals surface area contributed by atoms with Gasteiger partial charge in [0.05, 0.1) is 18.1 Å². The normalized spacial score (nSPS) is 11.4. The molecule has 0 amide bonds. The molecule has 0 atom stereocenters. The fourth-order valence-corrected chi connectivity index (χ4v) is 3.72. The summed E-state index contributed by atoms with van der Waals surface area (Å²) in [5.74, 6) is 0. The first-order valence-corrected chi connectivity index (χ1v) is 9.13. The van der Waals surface area contributed by atoms with Crippen molar-refractivity contribution in [3.05, 3.63) is 132 Å². The maximum atomic E-state index is 8.86. The van der Waals surface area contributed by atoms with Crippen molar-refractivity contribution in [3.8, 4) is 6.07 Å². The maximum Gasteiger partial charge on any atom is 0.121 e. The van der Waals surface area contributed by atoms with Crippen LogP contribution in [0, 0.1) is 11.3 Å². The van der Waals surface area contributed by atoms with Crippen LogP contribution in [0.15, 0.2) is 110 Å². The van der Waals surface area contributed by atoms with E-state index in [0.29, 0.717) is 0 Å². The Hall–Kier alpha value is -3.90. The van der Waals surface area contributed by atoms with Crippen LogP contribution in [0.1, 0.15) is 22.4 Å². The van der Waals surface area contributed by atoms with Crippen molar-refractivity contribution in [2.75, 3.05) is 0 Å². The number of hydrogen-bond donors (Lipinski definition) is 0. The van der Waals surface area contributed by atoms with Gasteiger partial charge in [-0.2, -0.15) is 5.26 Å². The summed E-state index contributed by atoms with van der Waals surface area (Å²) in [6.45, 7) is 0. The van der Waals surface area contributed by atoms with Gasteiger partial charge < -0.3 is 4.57 Å². The van der Waals surface area contributed by atoms with Crippen molar-refractivity contribution in [2.24, 2.45) is 0 Å². The van der Waals surface area contributed by atoms with E-state index in [2.05, 4.69) is 82.3 Å². The summed E-state index contributed by atoms with van der Waals surface area (Å²) in [5.41, 5.74) is 3.59. The van der Waals surface area contributed by atoms with Crippen molar-refractivity contribution in [3.63, 3.8) is 0 Å². The van der Waals surface area contributed by atoms with Gasteiger partial charge in [-0.25, -0.2) is 4.98 Å². The second-order valence-corrected chi connectivity index (χ2v) is 6.48. The van der Waals surface area contributed by atoms with Gasteiger partial charge in [0.25, 0.3) is 0 Å². The number of allylic oxidation sites excluding steroid dienone is 1. The lowest BCUT2D eigenvalue weighted by molar-refractivity contribution is 0.514. The highest BCUT2D eigenvalue weighted by atomic mass is 15.1. The summed E-state index contributed by atoms with van der Waals surface area (Å²) in [6.07, 6.45) is 7.00. The van der Waals surface area contributed by atoms with Gasteiger partial charge >= 0.3 is 0 Å².